The molecule has 0 bridgehead atoms. The molecule has 3 fully saturated rings. The molecular weight excluding hydrogens is 462 g/mol. The molecule has 8 atom stereocenters. The van der Waals surface area contributed by atoms with Gasteiger partial charge in [0.05, 0.1) is 24.2 Å². The van der Waals surface area contributed by atoms with Crippen molar-refractivity contribution >= 4 is 11.8 Å². The van der Waals surface area contributed by atoms with Crippen LogP contribution < -0.4 is 0 Å². The van der Waals surface area contributed by atoms with Gasteiger partial charge in [-0.3, -0.25) is 9.59 Å². The molecule has 202 valence electrons. The molecule has 0 aromatic rings. The number of esters is 1. The molecule has 0 aliphatic heterocycles. The average molecular weight is 508 g/mol. The lowest BCUT2D eigenvalue weighted by Crippen LogP contribution is -2.64. The predicted octanol–water partition coefficient (Wildman–Crippen LogP) is 7.09. The summed E-state index contributed by atoms with van der Waals surface area (Å²) < 4.78 is 5.23. The molecule has 0 radical (unpaired) electrons. The second-order valence-electron chi connectivity index (χ2n) is 15.1. The van der Waals surface area contributed by atoms with Crippen molar-refractivity contribution in [1.82, 2.24) is 0 Å². The quantitative estimate of drug-likeness (QED) is 0.383. The summed E-state index contributed by atoms with van der Waals surface area (Å²) >= 11 is 0. The second-order valence-corrected chi connectivity index (χ2v) is 15.1. The number of allylic oxidation sites excluding steroid dienone is 4. The fourth-order valence-corrected chi connectivity index (χ4v) is 10.4. The van der Waals surface area contributed by atoms with E-state index in [0.29, 0.717) is 18.4 Å². The number of carbonyl (C=O) groups is 2. The van der Waals surface area contributed by atoms with Gasteiger partial charge >= 0.3 is 5.97 Å². The summed E-state index contributed by atoms with van der Waals surface area (Å²) in [6.45, 7) is 15.5. The van der Waals surface area contributed by atoms with E-state index in [9.17, 15) is 20.0 Å². The van der Waals surface area contributed by atoms with Gasteiger partial charge in [-0.25, -0.2) is 0 Å². The van der Waals surface area contributed by atoms with Gasteiger partial charge in [0.15, 0.2) is 5.78 Å². The molecule has 5 rings (SSSR count). The first-order valence-corrected chi connectivity index (χ1v) is 14.2. The van der Waals surface area contributed by atoms with E-state index < -0.39 is 10.8 Å². The molecule has 0 heterocycles. The van der Waals surface area contributed by atoms with Crippen LogP contribution in [0.1, 0.15) is 99.8 Å². The Morgan fingerprint density at radius 1 is 1.05 bits per heavy atom. The van der Waals surface area contributed by atoms with E-state index >= 15 is 0 Å². The highest BCUT2D eigenvalue weighted by Crippen LogP contribution is 2.75. The molecular formula is C32H45NO4. The summed E-state index contributed by atoms with van der Waals surface area (Å²) in [4.78, 5) is 27.2. The van der Waals surface area contributed by atoms with Gasteiger partial charge in [-0.15, -0.1) is 0 Å². The third-order valence-corrected chi connectivity index (χ3v) is 13.0. The highest BCUT2D eigenvalue weighted by atomic mass is 16.5. The van der Waals surface area contributed by atoms with Crippen LogP contribution in [0.4, 0.5) is 0 Å². The number of ketones is 1. The highest BCUT2D eigenvalue weighted by Gasteiger charge is 2.69. The molecule has 5 aliphatic carbocycles. The maximum atomic E-state index is 14.4. The highest BCUT2D eigenvalue weighted by molar-refractivity contribution is 5.95. The van der Waals surface area contributed by atoms with Crippen LogP contribution in [0.25, 0.3) is 0 Å². The minimum absolute atomic E-state index is 0.0471. The Morgan fingerprint density at radius 3 is 2.32 bits per heavy atom. The number of aliphatic hydroxyl groups is 1. The Bertz CT molecular complexity index is 1170. The fraction of sp³-hybridized carbons (Fsp3) is 0.781. The molecule has 0 saturated heterocycles. The van der Waals surface area contributed by atoms with Gasteiger partial charge in [-0.1, -0.05) is 47.1 Å². The predicted molar refractivity (Wildman–Crippen MR) is 142 cm³/mol. The Kier molecular flexibility index (Phi) is 5.54. The lowest BCUT2D eigenvalue weighted by atomic mass is 9.34. The van der Waals surface area contributed by atoms with Gasteiger partial charge in [0.1, 0.15) is 5.76 Å². The normalized spacial score (nSPS) is 48.5. The number of nitrogens with zero attached hydrogens (tertiary/aromatic N) is 1. The Hall–Kier alpha value is -2.09. The zero-order valence-electron chi connectivity index (χ0n) is 24.1. The Labute approximate surface area is 222 Å². The SMILES string of the molecule is COC(=O)C1(C)CCC2(C)CCC3(C)C(C(=O)C=C4C5(C)CC(C#N)=C(O)C(C)(C)C5CCC43C)C2C1. The van der Waals surface area contributed by atoms with Crippen molar-refractivity contribution < 1.29 is 19.4 Å². The largest absolute Gasteiger partial charge is 0.511 e. The molecule has 1 N–H and O–H groups in total. The van der Waals surface area contributed by atoms with Gasteiger partial charge in [0.25, 0.3) is 0 Å². The fourth-order valence-electron chi connectivity index (χ4n) is 10.4. The molecule has 0 aromatic heterocycles. The maximum Gasteiger partial charge on any atom is 0.311 e. The number of fused-ring (bicyclic) bond motifs is 7. The van der Waals surface area contributed by atoms with E-state index in [1.165, 1.54) is 12.7 Å². The third kappa shape index (κ3) is 3.14. The van der Waals surface area contributed by atoms with Crippen LogP contribution in [0.3, 0.4) is 0 Å². The van der Waals surface area contributed by atoms with E-state index in [2.05, 4.69) is 47.6 Å². The number of carbonyl (C=O) groups excluding carboxylic acids is 2. The van der Waals surface area contributed by atoms with Crippen LogP contribution >= 0.6 is 0 Å². The van der Waals surface area contributed by atoms with Crippen molar-refractivity contribution in [2.24, 2.45) is 50.2 Å². The van der Waals surface area contributed by atoms with Crippen LogP contribution in [0, 0.1) is 61.6 Å². The number of hydrogen-bond acceptors (Lipinski definition) is 5. The minimum Gasteiger partial charge on any atom is -0.511 e. The first-order valence-electron chi connectivity index (χ1n) is 14.2. The summed E-state index contributed by atoms with van der Waals surface area (Å²) in [6.07, 6.45) is 8.90. The maximum absolute atomic E-state index is 14.4. The number of nitriles is 1. The summed E-state index contributed by atoms with van der Waals surface area (Å²) in [7, 11) is 1.47. The van der Waals surface area contributed by atoms with Crippen molar-refractivity contribution in [3.05, 3.63) is 23.0 Å². The van der Waals surface area contributed by atoms with Crippen molar-refractivity contribution in [3.8, 4) is 6.07 Å². The third-order valence-electron chi connectivity index (χ3n) is 13.0. The van der Waals surface area contributed by atoms with Crippen molar-refractivity contribution in [2.45, 2.75) is 99.8 Å². The zero-order valence-corrected chi connectivity index (χ0v) is 24.1. The number of hydrogen-bond donors (Lipinski definition) is 1. The summed E-state index contributed by atoms with van der Waals surface area (Å²) in [6, 6.07) is 2.29. The number of ether oxygens (including phenoxy) is 1. The number of methoxy groups -OCH3 is 1. The Balaban J connectivity index is 1.64. The summed E-state index contributed by atoms with van der Waals surface area (Å²) in [5, 5.41) is 20.9. The first kappa shape index (κ1) is 26.5. The Morgan fingerprint density at radius 2 is 1.70 bits per heavy atom. The van der Waals surface area contributed by atoms with Gasteiger partial charge in [-0.05, 0) is 97.9 Å². The van der Waals surface area contributed by atoms with Gasteiger partial charge in [0.2, 0.25) is 0 Å². The van der Waals surface area contributed by atoms with Gasteiger partial charge in [0, 0.05) is 11.3 Å². The van der Waals surface area contributed by atoms with Crippen molar-refractivity contribution in [1.29, 1.82) is 5.26 Å². The lowest BCUT2D eigenvalue weighted by Gasteiger charge is -2.69. The minimum atomic E-state index is -0.552. The van der Waals surface area contributed by atoms with Crippen molar-refractivity contribution in [3.63, 3.8) is 0 Å². The summed E-state index contributed by atoms with van der Waals surface area (Å²) in [5.41, 5.74) is -0.116. The van der Waals surface area contributed by atoms with E-state index in [0.717, 1.165) is 38.5 Å². The van der Waals surface area contributed by atoms with E-state index in [4.69, 9.17) is 4.74 Å². The standard InChI is InChI=1S/C32H45NO4/c1-27(2)22-9-10-31(6)23(30(22,5)16-19(18-33)25(27)35)15-21(34)24-20-17-29(4,26(36)37-8)12-11-28(20,3)13-14-32(24,31)7/h15,20,22,24,35H,9-14,16-17H2,1-8H3. The van der Waals surface area contributed by atoms with Crippen molar-refractivity contribution in [2.75, 3.05) is 7.11 Å². The molecule has 0 spiro atoms. The second kappa shape index (κ2) is 7.73. The molecule has 37 heavy (non-hydrogen) atoms. The van der Waals surface area contributed by atoms with Crippen LogP contribution in [-0.4, -0.2) is 24.0 Å². The molecule has 0 amide bonds. The van der Waals surface area contributed by atoms with E-state index in [-0.39, 0.29) is 56.9 Å². The van der Waals surface area contributed by atoms with Crippen LogP contribution in [0.5, 0.6) is 0 Å². The zero-order chi connectivity index (χ0) is 27.4. The lowest BCUT2D eigenvalue weighted by molar-refractivity contribution is -0.180. The first-order chi connectivity index (χ1) is 17.0. The molecule has 5 aliphatic rings. The topological polar surface area (TPSA) is 87.4 Å². The molecule has 3 saturated carbocycles. The molecule has 8 unspecified atom stereocenters. The average Bonchev–Trinajstić information content (AvgIpc) is 2.83. The van der Waals surface area contributed by atoms with Crippen LogP contribution in [0.2, 0.25) is 0 Å². The van der Waals surface area contributed by atoms with E-state index in [1.54, 1.807) is 0 Å². The van der Waals surface area contributed by atoms with Gasteiger partial charge < -0.3 is 9.84 Å². The number of rotatable bonds is 1. The number of aliphatic hydroxyl groups excluding tert-OH is 1. The molecule has 5 nitrogen and oxygen atoms in total. The van der Waals surface area contributed by atoms with Crippen LogP contribution in [0.15, 0.2) is 23.0 Å². The smallest absolute Gasteiger partial charge is 0.311 e. The molecule has 0 aromatic carbocycles. The van der Waals surface area contributed by atoms with Crippen LogP contribution in [-0.2, 0) is 14.3 Å². The van der Waals surface area contributed by atoms with Gasteiger partial charge in [-0.2, -0.15) is 5.26 Å². The monoisotopic (exact) mass is 507 g/mol. The molecule has 5 heteroatoms. The van der Waals surface area contributed by atoms with E-state index in [1.807, 2.05) is 13.0 Å². The summed E-state index contributed by atoms with van der Waals surface area (Å²) in [5.74, 6) is 0.456.